The van der Waals surface area contributed by atoms with E-state index in [0.717, 1.165) is 22.3 Å². The van der Waals surface area contributed by atoms with Crippen LogP contribution in [0.1, 0.15) is 30.4 Å². The second-order valence-corrected chi connectivity index (χ2v) is 8.11. The number of alkyl carbamates (subject to hydrolysis) is 1. The molecule has 3 N–H and O–H groups in total. The number of benzene rings is 2. The van der Waals surface area contributed by atoms with E-state index in [1.807, 2.05) is 53.8 Å². The average molecular weight is 494 g/mol. The van der Waals surface area contributed by atoms with Crippen LogP contribution < -0.4 is 10.6 Å². The number of carboxylic acids is 1. The minimum atomic E-state index is -4.82. The Labute approximate surface area is 199 Å². The summed E-state index contributed by atoms with van der Waals surface area (Å²) in [5, 5.41) is 13.1. The number of nitrogens with one attached hydrogen (secondary N) is 2. The van der Waals surface area contributed by atoms with Crippen molar-refractivity contribution in [3.63, 3.8) is 0 Å². The Balaban J connectivity index is 1.68. The van der Waals surface area contributed by atoms with Gasteiger partial charge in [0.2, 0.25) is 5.91 Å². The Morgan fingerprint density at radius 3 is 2.03 bits per heavy atom. The zero-order valence-corrected chi connectivity index (χ0v) is 19.0. The van der Waals surface area contributed by atoms with Gasteiger partial charge in [-0.2, -0.15) is 13.2 Å². The summed E-state index contributed by atoms with van der Waals surface area (Å²) in [6.45, 7) is 1.34. The third-order valence-electron chi connectivity index (χ3n) is 5.79. The van der Waals surface area contributed by atoms with Gasteiger partial charge >= 0.3 is 18.2 Å². The topological polar surface area (TPSA) is 114 Å². The Hall–Kier alpha value is -3.60. The highest BCUT2D eigenvalue weighted by Gasteiger charge is 2.38. The Morgan fingerprint density at radius 2 is 1.54 bits per heavy atom. The molecule has 1 unspecified atom stereocenters. The number of alkyl halides is 3. The smallest absolute Gasteiger partial charge is 0.407 e. The number of rotatable bonds is 9. The van der Waals surface area contributed by atoms with Crippen LogP contribution in [0.3, 0.4) is 0 Å². The predicted octanol–water partition coefficient (Wildman–Crippen LogP) is 3.45. The van der Waals surface area contributed by atoms with Gasteiger partial charge in [-0.05, 0) is 29.2 Å². The van der Waals surface area contributed by atoms with Gasteiger partial charge in [0.1, 0.15) is 18.7 Å². The number of amides is 2. The monoisotopic (exact) mass is 494 g/mol. The van der Waals surface area contributed by atoms with Gasteiger partial charge in [0.05, 0.1) is 12.5 Å². The van der Waals surface area contributed by atoms with Crippen LogP contribution in [0.25, 0.3) is 11.1 Å². The first-order chi connectivity index (χ1) is 16.5. The van der Waals surface area contributed by atoms with Gasteiger partial charge < -0.3 is 25.2 Å². The summed E-state index contributed by atoms with van der Waals surface area (Å²) < 4.78 is 48.5. The van der Waals surface area contributed by atoms with Gasteiger partial charge in [-0.25, -0.2) is 9.59 Å². The predicted molar refractivity (Wildman–Crippen MR) is 119 cm³/mol. The molecule has 1 aliphatic carbocycles. The molecule has 0 saturated carbocycles. The minimum Gasteiger partial charge on any atom is -0.480 e. The molecule has 0 aliphatic heterocycles. The molecule has 0 saturated heterocycles. The first kappa shape index (κ1) is 26.0. The molecule has 0 fully saturated rings. The average Bonchev–Trinajstić information content (AvgIpc) is 3.13. The van der Waals surface area contributed by atoms with Crippen LogP contribution in [0.5, 0.6) is 0 Å². The third-order valence-corrected chi connectivity index (χ3v) is 5.79. The zero-order valence-electron chi connectivity index (χ0n) is 19.0. The molecule has 11 heteroatoms. The number of hydrogen-bond donors (Lipinski definition) is 3. The molecule has 2 aromatic carbocycles. The molecular weight excluding hydrogens is 469 g/mol. The molecule has 8 nitrogen and oxygen atoms in total. The number of hydrogen-bond acceptors (Lipinski definition) is 5. The fraction of sp³-hybridized carbons (Fsp3) is 0.375. The van der Waals surface area contributed by atoms with Gasteiger partial charge in [-0.3, -0.25) is 4.79 Å². The Bertz CT molecular complexity index is 1050. The maximum Gasteiger partial charge on any atom is 0.407 e. The van der Waals surface area contributed by atoms with E-state index in [0.29, 0.717) is 0 Å². The summed E-state index contributed by atoms with van der Waals surface area (Å²) in [4.78, 5) is 36.3. The number of ether oxygens (including phenoxy) is 2. The van der Waals surface area contributed by atoms with E-state index >= 15 is 0 Å². The maximum atomic E-state index is 12.7. The molecule has 0 aromatic heterocycles. The van der Waals surface area contributed by atoms with Gasteiger partial charge in [-0.15, -0.1) is 0 Å². The zero-order chi connectivity index (χ0) is 25.8. The quantitative estimate of drug-likeness (QED) is 0.492. The van der Waals surface area contributed by atoms with Crippen molar-refractivity contribution in [1.82, 2.24) is 10.6 Å². The van der Waals surface area contributed by atoms with Crippen LogP contribution in [0.4, 0.5) is 18.0 Å². The van der Waals surface area contributed by atoms with Crippen LogP contribution in [-0.2, 0) is 19.1 Å². The number of carbonyl (C=O) groups is 3. The Kier molecular flexibility index (Phi) is 8.00. The van der Waals surface area contributed by atoms with E-state index in [9.17, 15) is 27.6 Å². The normalized spacial score (nSPS) is 15.3. The molecule has 0 spiro atoms. The van der Waals surface area contributed by atoms with E-state index < -0.39 is 48.8 Å². The van der Waals surface area contributed by atoms with E-state index in [-0.39, 0.29) is 12.5 Å². The highest BCUT2D eigenvalue weighted by atomic mass is 19.4. The summed E-state index contributed by atoms with van der Waals surface area (Å²) in [5.74, 6) is -3.26. The lowest BCUT2D eigenvalue weighted by atomic mass is 9.98. The van der Waals surface area contributed by atoms with Gasteiger partial charge in [-0.1, -0.05) is 48.5 Å². The van der Waals surface area contributed by atoms with E-state index in [1.54, 1.807) is 0 Å². The number of halogens is 3. The standard InChI is InChI=1S/C24H25F3N2O6/c1-13(34-2)20(21(30)28-19(22(31)32)11-24(25,26)27)29-23(33)35-12-18-16-9-5-3-7-14(16)15-8-4-6-10-17(15)18/h3-10,13,18-20H,11-12H2,1-2H3,(H,28,30)(H,29,33)(H,31,32)/t13-,19?,20+/m1/s1. The molecule has 35 heavy (non-hydrogen) atoms. The van der Waals surface area contributed by atoms with Crippen molar-refractivity contribution >= 4 is 18.0 Å². The van der Waals surface area contributed by atoms with E-state index in [1.165, 1.54) is 14.0 Å². The fourth-order valence-electron chi connectivity index (χ4n) is 3.99. The number of carbonyl (C=O) groups excluding carboxylic acids is 2. The van der Waals surface area contributed by atoms with Crippen LogP contribution >= 0.6 is 0 Å². The van der Waals surface area contributed by atoms with Crippen molar-refractivity contribution in [2.75, 3.05) is 13.7 Å². The molecule has 0 heterocycles. The van der Waals surface area contributed by atoms with Crippen LogP contribution in [0.2, 0.25) is 0 Å². The number of aliphatic carboxylic acids is 1. The summed E-state index contributed by atoms with van der Waals surface area (Å²) in [7, 11) is 1.23. The second kappa shape index (κ2) is 10.8. The minimum absolute atomic E-state index is 0.0542. The largest absolute Gasteiger partial charge is 0.480 e. The summed E-state index contributed by atoms with van der Waals surface area (Å²) in [5.41, 5.74) is 3.98. The molecular formula is C24H25F3N2O6. The summed E-state index contributed by atoms with van der Waals surface area (Å²) in [6, 6.07) is 11.6. The molecule has 0 bridgehead atoms. The van der Waals surface area contributed by atoms with Crippen molar-refractivity contribution in [2.45, 2.75) is 43.6 Å². The van der Waals surface area contributed by atoms with Gasteiger partial charge in [0, 0.05) is 13.0 Å². The maximum absolute atomic E-state index is 12.7. The lowest BCUT2D eigenvalue weighted by Gasteiger charge is -2.25. The van der Waals surface area contributed by atoms with Crippen molar-refractivity contribution in [1.29, 1.82) is 0 Å². The highest BCUT2D eigenvalue weighted by molar-refractivity contribution is 5.89. The molecule has 0 radical (unpaired) electrons. The van der Waals surface area contributed by atoms with Crippen LogP contribution in [-0.4, -0.2) is 61.2 Å². The van der Waals surface area contributed by atoms with Crippen molar-refractivity contribution in [3.8, 4) is 11.1 Å². The third kappa shape index (κ3) is 6.30. The summed E-state index contributed by atoms with van der Waals surface area (Å²) in [6.07, 6.45) is -8.58. The van der Waals surface area contributed by atoms with E-state index in [4.69, 9.17) is 14.6 Å². The summed E-state index contributed by atoms with van der Waals surface area (Å²) >= 11 is 0. The Morgan fingerprint density at radius 1 is 1.00 bits per heavy atom. The van der Waals surface area contributed by atoms with Gasteiger partial charge in [0.15, 0.2) is 0 Å². The number of methoxy groups -OCH3 is 1. The molecule has 3 atom stereocenters. The van der Waals surface area contributed by atoms with E-state index in [2.05, 4.69) is 5.32 Å². The molecule has 188 valence electrons. The van der Waals surface area contributed by atoms with Crippen LogP contribution in [0, 0.1) is 0 Å². The van der Waals surface area contributed by atoms with Gasteiger partial charge in [0.25, 0.3) is 0 Å². The van der Waals surface area contributed by atoms with Crippen molar-refractivity contribution in [2.24, 2.45) is 0 Å². The number of carboxylic acid groups (broad SMARTS) is 1. The first-order valence-corrected chi connectivity index (χ1v) is 10.8. The van der Waals surface area contributed by atoms with Crippen molar-refractivity contribution in [3.05, 3.63) is 59.7 Å². The second-order valence-electron chi connectivity index (χ2n) is 8.11. The molecule has 2 aromatic rings. The SMILES string of the molecule is CO[C@H](C)[C@H](NC(=O)OCC1c2ccccc2-c2ccccc21)C(=O)NC(CC(F)(F)F)C(=O)O. The number of fused-ring (bicyclic) bond motifs is 3. The van der Waals surface area contributed by atoms with Crippen molar-refractivity contribution < 1.29 is 42.1 Å². The van der Waals surface area contributed by atoms with Crippen LogP contribution in [0.15, 0.2) is 48.5 Å². The highest BCUT2D eigenvalue weighted by Crippen LogP contribution is 2.44. The molecule has 1 aliphatic rings. The lowest BCUT2D eigenvalue weighted by Crippen LogP contribution is -2.56. The first-order valence-electron chi connectivity index (χ1n) is 10.8. The fourth-order valence-corrected chi connectivity index (χ4v) is 3.99. The lowest BCUT2D eigenvalue weighted by molar-refractivity contribution is -0.160. The molecule has 2 amide bonds. The molecule has 3 rings (SSSR count).